The monoisotopic (exact) mass is 473 g/mol. The zero-order chi connectivity index (χ0) is 24.3. The van der Waals surface area contributed by atoms with E-state index in [0.717, 1.165) is 24.1 Å². The highest BCUT2D eigenvalue weighted by Crippen LogP contribution is 2.38. The summed E-state index contributed by atoms with van der Waals surface area (Å²) >= 11 is 0. The van der Waals surface area contributed by atoms with E-state index in [0.29, 0.717) is 40.0 Å². The quantitative estimate of drug-likeness (QED) is 0.390. The van der Waals surface area contributed by atoms with Gasteiger partial charge in [-0.1, -0.05) is 6.92 Å². The van der Waals surface area contributed by atoms with E-state index in [2.05, 4.69) is 28.9 Å². The van der Waals surface area contributed by atoms with Gasteiger partial charge in [0.15, 0.2) is 11.2 Å². The molecule has 1 saturated heterocycles. The van der Waals surface area contributed by atoms with Gasteiger partial charge in [0.25, 0.3) is 0 Å². The summed E-state index contributed by atoms with van der Waals surface area (Å²) in [5.74, 6) is 0. The van der Waals surface area contributed by atoms with Crippen LogP contribution < -0.4 is 5.69 Å². The Morgan fingerprint density at radius 3 is 2.69 bits per heavy atom. The van der Waals surface area contributed by atoms with Crippen LogP contribution in [0.25, 0.3) is 44.8 Å². The van der Waals surface area contributed by atoms with Crippen molar-refractivity contribution in [1.82, 2.24) is 33.9 Å². The predicted octanol–water partition coefficient (Wildman–Crippen LogP) is 3.86. The molecule has 5 aromatic rings. The molecule has 0 aliphatic carbocycles. The average molecular weight is 474 g/mol. The van der Waals surface area contributed by atoms with Crippen LogP contribution in [0.4, 0.5) is 0 Å². The molecule has 3 atom stereocenters. The normalized spacial score (nSPS) is 20.7. The first-order chi connectivity index (χ1) is 16.9. The SMILES string of the molecule is CC[C@H]1C[C@@H](n2c(=O)nc(-c3cnn(C)c3)c3oc4ccc(-c5cn(C)cn5)nc4c32)C[C@@H](C)O1. The first-order valence-corrected chi connectivity index (χ1v) is 11.9. The van der Waals surface area contributed by atoms with E-state index in [4.69, 9.17) is 14.1 Å². The van der Waals surface area contributed by atoms with E-state index < -0.39 is 0 Å². The van der Waals surface area contributed by atoms with Crippen LogP contribution in [-0.2, 0) is 18.8 Å². The molecule has 1 aliphatic rings. The van der Waals surface area contributed by atoms with Crippen LogP contribution in [0.3, 0.4) is 0 Å². The second-order valence-corrected chi connectivity index (χ2v) is 9.37. The van der Waals surface area contributed by atoms with Crippen LogP contribution in [0.1, 0.15) is 39.2 Å². The molecule has 6 rings (SSSR count). The summed E-state index contributed by atoms with van der Waals surface area (Å²) in [5.41, 5.74) is 4.75. The molecule has 180 valence electrons. The first-order valence-electron chi connectivity index (χ1n) is 11.9. The summed E-state index contributed by atoms with van der Waals surface area (Å²) in [6, 6.07) is 3.70. The van der Waals surface area contributed by atoms with Crippen LogP contribution in [-0.4, -0.2) is 46.1 Å². The fourth-order valence-electron chi connectivity index (χ4n) is 5.11. The standard InChI is InChI=1S/C25H27N7O3/c1-5-17-9-16(8-14(2)34-17)32-23-22-20(7-6-18(28-22)19-12-30(3)13-26-19)35-24(23)21(29-25(32)33)15-10-27-31(4)11-15/h6-7,10-14,16-17H,5,8-9H2,1-4H3/t14-,16+,17+/m1/s1. The van der Waals surface area contributed by atoms with Gasteiger partial charge in [-0.05, 0) is 38.3 Å². The molecule has 0 N–H and O–H groups in total. The average Bonchev–Trinajstić information content (AvgIpc) is 3.56. The van der Waals surface area contributed by atoms with Gasteiger partial charge in [-0.3, -0.25) is 9.25 Å². The van der Waals surface area contributed by atoms with E-state index in [-0.39, 0.29) is 23.9 Å². The van der Waals surface area contributed by atoms with Crippen molar-refractivity contribution in [3.8, 4) is 22.6 Å². The van der Waals surface area contributed by atoms with Crippen LogP contribution in [0.2, 0.25) is 0 Å². The molecule has 0 amide bonds. The molecule has 35 heavy (non-hydrogen) atoms. The molecule has 0 bridgehead atoms. The first kappa shape index (κ1) is 21.7. The smallest absolute Gasteiger partial charge is 0.349 e. The number of imidazole rings is 1. The Morgan fingerprint density at radius 1 is 1.11 bits per heavy atom. The number of rotatable bonds is 4. The summed E-state index contributed by atoms with van der Waals surface area (Å²) in [4.78, 5) is 27.5. The number of hydrogen-bond acceptors (Lipinski definition) is 7. The third kappa shape index (κ3) is 3.65. The van der Waals surface area contributed by atoms with Gasteiger partial charge in [0.05, 0.1) is 30.4 Å². The van der Waals surface area contributed by atoms with E-state index in [1.54, 1.807) is 21.8 Å². The molecule has 1 fully saturated rings. The molecule has 0 spiro atoms. The van der Waals surface area contributed by atoms with Gasteiger partial charge in [-0.2, -0.15) is 10.1 Å². The van der Waals surface area contributed by atoms with Crippen molar-refractivity contribution in [3.63, 3.8) is 0 Å². The van der Waals surface area contributed by atoms with Gasteiger partial charge in [0.1, 0.15) is 22.4 Å². The molecular weight excluding hydrogens is 446 g/mol. The minimum absolute atomic E-state index is 0.0360. The predicted molar refractivity (Wildman–Crippen MR) is 131 cm³/mol. The maximum atomic E-state index is 13.6. The van der Waals surface area contributed by atoms with E-state index in [9.17, 15) is 4.79 Å². The Labute approximate surface area is 201 Å². The number of aromatic nitrogens is 7. The van der Waals surface area contributed by atoms with Crippen molar-refractivity contribution in [1.29, 1.82) is 0 Å². The molecule has 10 nitrogen and oxygen atoms in total. The Bertz CT molecular complexity index is 1610. The summed E-state index contributed by atoms with van der Waals surface area (Å²) < 4.78 is 17.8. The number of pyridine rings is 1. The number of aryl methyl sites for hydroxylation is 2. The molecule has 10 heteroatoms. The maximum absolute atomic E-state index is 13.6. The van der Waals surface area contributed by atoms with E-state index in [1.165, 1.54) is 0 Å². The summed E-state index contributed by atoms with van der Waals surface area (Å²) in [6.45, 7) is 4.16. The van der Waals surface area contributed by atoms with Gasteiger partial charge in [-0.15, -0.1) is 0 Å². The highest BCUT2D eigenvalue weighted by Gasteiger charge is 2.32. The maximum Gasteiger partial charge on any atom is 0.349 e. The molecule has 5 aromatic heterocycles. The second kappa shape index (κ2) is 8.16. The lowest BCUT2D eigenvalue weighted by Crippen LogP contribution is -2.37. The molecule has 1 aliphatic heterocycles. The van der Waals surface area contributed by atoms with Gasteiger partial charge in [0.2, 0.25) is 0 Å². The minimum Gasteiger partial charge on any atom is -0.450 e. The van der Waals surface area contributed by atoms with Gasteiger partial charge in [-0.25, -0.2) is 14.8 Å². The highest BCUT2D eigenvalue weighted by molar-refractivity contribution is 6.05. The van der Waals surface area contributed by atoms with Crippen molar-refractivity contribution >= 4 is 22.2 Å². The summed E-state index contributed by atoms with van der Waals surface area (Å²) in [6.07, 6.45) is 9.62. The lowest BCUT2D eigenvalue weighted by Gasteiger charge is -2.34. The van der Waals surface area contributed by atoms with Crippen molar-refractivity contribution in [2.24, 2.45) is 14.1 Å². The van der Waals surface area contributed by atoms with Crippen molar-refractivity contribution in [3.05, 3.63) is 47.5 Å². The van der Waals surface area contributed by atoms with Crippen LogP contribution in [0, 0.1) is 0 Å². The van der Waals surface area contributed by atoms with Gasteiger partial charge < -0.3 is 13.7 Å². The third-order valence-electron chi connectivity index (χ3n) is 6.71. The molecule has 0 radical (unpaired) electrons. The Hall–Kier alpha value is -3.79. The summed E-state index contributed by atoms with van der Waals surface area (Å²) in [7, 11) is 3.75. The zero-order valence-corrected chi connectivity index (χ0v) is 20.2. The molecule has 6 heterocycles. The lowest BCUT2D eigenvalue weighted by atomic mass is 9.97. The van der Waals surface area contributed by atoms with Crippen molar-refractivity contribution in [2.45, 2.75) is 51.4 Å². The largest absolute Gasteiger partial charge is 0.450 e. The van der Waals surface area contributed by atoms with Crippen LogP contribution in [0.5, 0.6) is 0 Å². The third-order valence-corrected chi connectivity index (χ3v) is 6.71. The van der Waals surface area contributed by atoms with Crippen molar-refractivity contribution in [2.75, 3.05) is 0 Å². The molecular formula is C25H27N7O3. The van der Waals surface area contributed by atoms with E-state index in [1.807, 2.05) is 43.2 Å². The topological polar surface area (TPSA) is 106 Å². The number of fused-ring (bicyclic) bond motifs is 3. The fourth-order valence-corrected chi connectivity index (χ4v) is 5.11. The Kier molecular flexibility index (Phi) is 5.06. The number of hydrogen-bond donors (Lipinski definition) is 0. The lowest BCUT2D eigenvalue weighted by molar-refractivity contribution is -0.0594. The number of nitrogens with zero attached hydrogens (tertiary/aromatic N) is 7. The fraction of sp³-hybridized carbons (Fsp3) is 0.400. The minimum atomic E-state index is -0.321. The molecule has 0 aromatic carbocycles. The van der Waals surface area contributed by atoms with Crippen molar-refractivity contribution < 1.29 is 9.15 Å². The number of ether oxygens (including phenoxy) is 1. The molecule has 0 unspecified atom stereocenters. The molecule has 0 saturated carbocycles. The van der Waals surface area contributed by atoms with Crippen LogP contribution in [0.15, 0.2) is 46.3 Å². The van der Waals surface area contributed by atoms with Crippen LogP contribution >= 0.6 is 0 Å². The Balaban J connectivity index is 1.65. The van der Waals surface area contributed by atoms with Gasteiger partial charge >= 0.3 is 5.69 Å². The van der Waals surface area contributed by atoms with Gasteiger partial charge in [0, 0.05) is 38.1 Å². The van der Waals surface area contributed by atoms with E-state index >= 15 is 0 Å². The number of furan rings is 1. The highest BCUT2D eigenvalue weighted by atomic mass is 16.5. The zero-order valence-electron chi connectivity index (χ0n) is 20.2. The Morgan fingerprint density at radius 2 is 1.97 bits per heavy atom. The second-order valence-electron chi connectivity index (χ2n) is 9.37. The summed E-state index contributed by atoms with van der Waals surface area (Å²) in [5, 5.41) is 4.27.